The number of ether oxygens (including phenoxy) is 1. The van der Waals surface area contributed by atoms with Gasteiger partial charge in [0, 0.05) is 26.0 Å². The molecule has 0 saturated heterocycles. The Labute approximate surface area is 94.6 Å². The maximum atomic E-state index is 5.31. The molecule has 0 fully saturated rings. The van der Waals surface area contributed by atoms with Gasteiger partial charge in [0.15, 0.2) is 0 Å². The van der Waals surface area contributed by atoms with Gasteiger partial charge >= 0.3 is 0 Å². The van der Waals surface area contributed by atoms with Gasteiger partial charge in [-0.3, -0.25) is 10.1 Å². The van der Waals surface area contributed by atoms with Crippen LogP contribution in [-0.4, -0.2) is 42.5 Å². The minimum atomic E-state index is 0.559. The van der Waals surface area contributed by atoms with Gasteiger partial charge in [-0.05, 0) is 6.07 Å². The molecule has 90 valence electrons. The van der Waals surface area contributed by atoms with Crippen molar-refractivity contribution in [3.05, 3.63) is 18.5 Å². The Hall–Kier alpha value is -1.60. The SMILES string of the molecule is COCCN=C(NN)NCCn1cccn1. The van der Waals surface area contributed by atoms with Crippen LogP contribution in [0.4, 0.5) is 0 Å². The summed E-state index contributed by atoms with van der Waals surface area (Å²) in [6.45, 7) is 2.62. The van der Waals surface area contributed by atoms with Gasteiger partial charge in [-0.25, -0.2) is 10.8 Å². The van der Waals surface area contributed by atoms with E-state index < -0.39 is 0 Å². The van der Waals surface area contributed by atoms with Crippen LogP contribution in [0.15, 0.2) is 23.5 Å². The molecule has 0 spiro atoms. The number of aliphatic imine (C=N–C) groups is 1. The Balaban J connectivity index is 2.20. The first-order valence-corrected chi connectivity index (χ1v) is 5.08. The van der Waals surface area contributed by atoms with E-state index in [1.807, 2.05) is 16.9 Å². The number of nitrogens with one attached hydrogen (secondary N) is 2. The number of hydrogen-bond acceptors (Lipinski definition) is 4. The van der Waals surface area contributed by atoms with Crippen LogP contribution in [0.2, 0.25) is 0 Å². The van der Waals surface area contributed by atoms with Crippen LogP contribution < -0.4 is 16.6 Å². The Morgan fingerprint density at radius 1 is 1.62 bits per heavy atom. The van der Waals surface area contributed by atoms with E-state index in [-0.39, 0.29) is 0 Å². The summed E-state index contributed by atoms with van der Waals surface area (Å²) in [5, 5.41) is 7.14. The van der Waals surface area contributed by atoms with Gasteiger partial charge in [0.25, 0.3) is 0 Å². The number of hydrazine groups is 1. The summed E-state index contributed by atoms with van der Waals surface area (Å²) in [7, 11) is 1.64. The zero-order chi connectivity index (χ0) is 11.6. The van der Waals surface area contributed by atoms with E-state index in [0.29, 0.717) is 25.7 Å². The van der Waals surface area contributed by atoms with Crippen molar-refractivity contribution in [2.24, 2.45) is 10.8 Å². The van der Waals surface area contributed by atoms with Gasteiger partial charge in [0.2, 0.25) is 5.96 Å². The van der Waals surface area contributed by atoms with Gasteiger partial charge in [-0.2, -0.15) is 5.10 Å². The van der Waals surface area contributed by atoms with E-state index in [9.17, 15) is 0 Å². The van der Waals surface area contributed by atoms with Crippen molar-refractivity contribution in [1.82, 2.24) is 20.5 Å². The molecule has 1 aromatic heterocycles. The fourth-order valence-electron chi connectivity index (χ4n) is 1.12. The van der Waals surface area contributed by atoms with Gasteiger partial charge in [-0.15, -0.1) is 0 Å². The largest absolute Gasteiger partial charge is 0.383 e. The van der Waals surface area contributed by atoms with E-state index in [0.717, 1.165) is 6.54 Å². The molecule has 0 amide bonds. The first kappa shape index (κ1) is 12.5. The van der Waals surface area contributed by atoms with Crippen LogP contribution in [-0.2, 0) is 11.3 Å². The molecule has 1 rings (SSSR count). The summed E-state index contributed by atoms with van der Waals surface area (Å²) in [4.78, 5) is 4.17. The van der Waals surface area contributed by atoms with E-state index in [1.54, 1.807) is 13.3 Å². The third-order valence-corrected chi connectivity index (χ3v) is 1.89. The smallest absolute Gasteiger partial charge is 0.205 e. The topological polar surface area (TPSA) is 89.5 Å². The van der Waals surface area contributed by atoms with Crippen molar-refractivity contribution in [3.63, 3.8) is 0 Å². The van der Waals surface area contributed by atoms with E-state index in [1.165, 1.54) is 0 Å². The molecule has 0 atom stereocenters. The highest BCUT2D eigenvalue weighted by molar-refractivity contribution is 5.79. The zero-order valence-corrected chi connectivity index (χ0v) is 9.39. The second-order valence-corrected chi connectivity index (χ2v) is 3.06. The highest BCUT2D eigenvalue weighted by atomic mass is 16.5. The maximum absolute atomic E-state index is 5.31. The van der Waals surface area contributed by atoms with Crippen molar-refractivity contribution in [1.29, 1.82) is 0 Å². The molecule has 7 nitrogen and oxygen atoms in total. The summed E-state index contributed by atoms with van der Waals surface area (Å²) < 4.78 is 6.71. The van der Waals surface area contributed by atoms with E-state index in [4.69, 9.17) is 10.6 Å². The van der Waals surface area contributed by atoms with Crippen LogP contribution in [0.1, 0.15) is 0 Å². The molecule has 7 heteroatoms. The first-order chi connectivity index (χ1) is 7.86. The fourth-order valence-corrected chi connectivity index (χ4v) is 1.12. The lowest BCUT2D eigenvalue weighted by Crippen LogP contribution is -2.43. The van der Waals surface area contributed by atoms with Gasteiger partial charge in [-0.1, -0.05) is 0 Å². The number of hydrogen-bond donors (Lipinski definition) is 3. The van der Waals surface area contributed by atoms with Gasteiger partial charge in [0.05, 0.1) is 19.7 Å². The molecule has 0 aliphatic rings. The Morgan fingerprint density at radius 2 is 2.50 bits per heavy atom. The summed E-state index contributed by atoms with van der Waals surface area (Å²) in [5.74, 6) is 5.87. The molecule has 16 heavy (non-hydrogen) atoms. The lowest BCUT2D eigenvalue weighted by atomic mass is 10.6. The van der Waals surface area contributed by atoms with Crippen molar-refractivity contribution in [3.8, 4) is 0 Å². The molecule has 0 radical (unpaired) electrons. The molecule has 0 aliphatic heterocycles. The predicted molar refractivity (Wildman–Crippen MR) is 61.7 cm³/mol. The quantitative estimate of drug-likeness (QED) is 0.189. The molecule has 0 aromatic carbocycles. The van der Waals surface area contributed by atoms with Gasteiger partial charge in [0.1, 0.15) is 0 Å². The highest BCUT2D eigenvalue weighted by Gasteiger charge is 1.95. The average Bonchev–Trinajstić information content (AvgIpc) is 2.80. The molecular formula is C9H18N6O. The number of methoxy groups -OCH3 is 1. The lowest BCUT2D eigenvalue weighted by Gasteiger charge is -2.08. The molecule has 0 unspecified atom stereocenters. The van der Waals surface area contributed by atoms with Crippen LogP contribution >= 0.6 is 0 Å². The normalized spacial score (nSPS) is 11.5. The molecule has 4 N–H and O–H groups in total. The Morgan fingerprint density at radius 3 is 3.12 bits per heavy atom. The molecule has 0 bridgehead atoms. The molecular weight excluding hydrogens is 208 g/mol. The van der Waals surface area contributed by atoms with Crippen molar-refractivity contribution < 1.29 is 4.74 Å². The summed E-state index contributed by atoms with van der Waals surface area (Å²) in [6.07, 6.45) is 3.65. The predicted octanol–water partition coefficient (Wildman–Crippen LogP) is -1.06. The number of aromatic nitrogens is 2. The third kappa shape index (κ3) is 4.76. The summed E-state index contributed by atoms with van der Waals surface area (Å²) in [5.41, 5.74) is 2.49. The second kappa shape index (κ2) is 7.66. The second-order valence-electron chi connectivity index (χ2n) is 3.06. The maximum Gasteiger partial charge on any atom is 0.205 e. The molecule has 0 aliphatic carbocycles. The van der Waals surface area contributed by atoms with Crippen molar-refractivity contribution >= 4 is 5.96 Å². The molecule has 0 saturated carbocycles. The third-order valence-electron chi connectivity index (χ3n) is 1.89. The number of rotatable bonds is 6. The Kier molecular flexibility index (Phi) is 5.97. The van der Waals surface area contributed by atoms with Crippen LogP contribution in [0, 0.1) is 0 Å². The lowest BCUT2D eigenvalue weighted by molar-refractivity contribution is 0.208. The fraction of sp³-hybridized carbons (Fsp3) is 0.556. The number of nitrogens with two attached hydrogens (primary N) is 1. The van der Waals surface area contributed by atoms with Gasteiger partial charge < -0.3 is 10.1 Å². The van der Waals surface area contributed by atoms with Crippen LogP contribution in [0.25, 0.3) is 0 Å². The molecule has 1 heterocycles. The number of nitrogens with zero attached hydrogens (tertiary/aromatic N) is 3. The summed E-state index contributed by atoms with van der Waals surface area (Å²) in [6, 6.07) is 1.88. The summed E-state index contributed by atoms with van der Waals surface area (Å²) >= 11 is 0. The zero-order valence-electron chi connectivity index (χ0n) is 9.39. The minimum Gasteiger partial charge on any atom is -0.383 e. The first-order valence-electron chi connectivity index (χ1n) is 5.08. The van der Waals surface area contributed by atoms with E-state index >= 15 is 0 Å². The van der Waals surface area contributed by atoms with Crippen molar-refractivity contribution in [2.75, 3.05) is 26.8 Å². The Bertz CT molecular complexity index is 297. The minimum absolute atomic E-state index is 0.559. The molecule has 1 aromatic rings. The number of guanidine groups is 1. The van der Waals surface area contributed by atoms with Crippen LogP contribution in [0.3, 0.4) is 0 Å². The van der Waals surface area contributed by atoms with Crippen molar-refractivity contribution in [2.45, 2.75) is 6.54 Å². The standard InChI is InChI=1S/C9H18N6O/c1-16-8-5-12-9(14-10)11-4-7-15-6-2-3-13-15/h2-3,6H,4-5,7-8,10H2,1H3,(H2,11,12,14). The highest BCUT2D eigenvalue weighted by Crippen LogP contribution is 1.82. The average molecular weight is 226 g/mol. The van der Waals surface area contributed by atoms with Crippen LogP contribution in [0.5, 0.6) is 0 Å². The van der Waals surface area contributed by atoms with E-state index in [2.05, 4.69) is 20.8 Å². The monoisotopic (exact) mass is 226 g/mol.